The van der Waals surface area contributed by atoms with Gasteiger partial charge in [-0.1, -0.05) is 65.3 Å². The van der Waals surface area contributed by atoms with Gasteiger partial charge < -0.3 is 90.3 Å². The predicted molar refractivity (Wildman–Crippen MR) is 253 cm³/mol. The maximum absolute atomic E-state index is 14.9. The molecule has 0 aromatic carbocycles. The molecule has 13 N–H and O–H groups in total. The van der Waals surface area contributed by atoms with Gasteiger partial charge in [0.25, 0.3) is 0 Å². The van der Waals surface area contributed by atoms with Gasteiger partial charge in [0, 0.05) is 0 Å². The lowest BCUT2D eigenvalue weighted by atomic mass is 9.33. The Hall–Kier alpha value is -2.33. The second kappa shape index (κ2) is 19.8. The van der Waals surface area contributed by atoms with Crippen molar-refractivity contribution < 1.29 is 89.8 Å². The van der Waals surface area contributed by atoms with Crippen LogP contribution in [0.15, 0.2) is 17.8 Å². The average molecular weight is 1040 g/mol. The minimum atomic E-state index is -1.98. The van der Waals surface area contributed by atoms with Crippen molar-refractivity contribution >= 4 is 5.91 Å². The van der Waals surface area contributed by atoms with Gasteiger partial charge in [0.15, 0.2) is 18.8 Å². The van der Waals surface area contributed by atoms with Crippen LogP contribution < -0.4 is 5.32 Å². The van der Waals surface area contributed by atoms with E-state index in [0.717, 1.165) is 49.6 Å². The summed E-state index contributed by atoms with van der Waals surface area (Å²) in [7, 11) is 0. The molecule has 22 heteroatoms. The molecule has 0 bridgehead atoms. The summed E-state index contributed by atoms with van der Waals surface area (Å²) in [6.45, 7) is 13.6. The summed E-state index contributed by atoms with van der Waals surface area (Å²) in [5.74, 6) is 0.234. The molecule has 1 amide bonds. The molecule has 1 aromatic heterocycles. The Bertz CT molecular complexity index is 2180. The fourth-order valence-corrected chi connectivity index (χ4v) is 15.9. The van der Waals surface area contributed by atoms with Crippen molar-refractivity contribution in [1.29, 1.82) is 0 Å². The second-order valence-electron chi connectivity index (χ2n) is 25.1. The maximum atomic E-state index is 14.9. The minimum absolute atomic E-state index is 0.0164. The van der Waals surface area contributed by atoms with E-state index in [2.05, 4.69) is 70.2 Å². The van der Waals surface area contributed by atoms with Crippen LogP contribution in [0.2, 0.25) is 0 Å². The van der Waals surface area contributed by atoms with E-state index in [1.165, 1.54) is 11.8 Å². The zero-order chi connectivity index (χ0) is 53.1. The summed E-state index contributed by atoms with van der Waals surface area (Å²) >= 11 is 0. The number of hydrogen-bond acceptors (Lipinski definition) is 20. The van der Waals surface area contributed by atoms with E-state index in [1.54, 1.807) is 0 Å². The average Bonchev–Trinajstić information content (AvgIpc) is 3.82. The van der Waals surface area contributed by atoms with Crippen molar-refractivity contribution in [3.05, 3.63) is 23.5 Å². The van der Waals surface area contributed by atoms with Gasteiger partial charge in [-0.15, -0.1) is 5.10 Å². The third-order valence-corrected chi connectivity index (χ3v) is 20.4. The van der Waals surface area contributed by atoms with Gasteiger partial charge in [0.1, 0.15) is 78.9 Å². The lowest BCUT2D eigenvalue weighted by molar-refractivity contribution is -0.374. The number of hydrogen-bond donors (Lipinski definition) is 13. The number of aromatic nitrogens is 3. The van der Waals surface area contributed by atoms with Gasteiger partial charge >= 0.3 is 0 Å². The van der Waals surface area contributed by atoms with Crippen LogP contribution in [-0.2, 0) is 35.0 Å². The van der Waals surface area contributed by atoms with Crippen LogP contribution in [0.1, 0.15) is 118 Å². The Morgan fingerprint density at radius 1 is 0.685 bits per heavy atom. The molecule has 24 atom stereocenters. The summed E-state index contributed by atoms with van der Waals surface area (Å²) in [5.41, 5.74) is -0.302. The van der Waals surface area contributed by atoms with E-state index in [9.17, 15) is 66.1 Å². The first-order valence-electron chi connectivity index (χ1n) is 26.4. The highest BCUT2D eigenvalue weighted by Gasteiger charge is 2.71. The topological polar surface area (TPSA) is 349 Å². The standard InChI is InChI=1S/C51H82N4O18/c1-46(2)14-15-51(25(16-46)24-8-9-30-48(5)12-11-31(59)47(3,4)29(48)10-13-49(30,6)50(24,7)17-32(51)60)45(68)52-18-23-19-55(54-53-23)42-37(65)35(63)40(27(21-57)69-42)72-44-39(67)36(64)41(28(22-58)71-44)73-43-38(66)34(62)33(61)26(20-56)70-43/h8,19,25-44,56-67H,9-18,20-22H2,1-7H3,(H,52,68)/t25?,26-,27-,28-,29?,30?,31-,32+,33-,34+,35-,36-,37-,38-,39-,40-,41-,42-,43-,44-,48-,49+,50+,51+/m0/s1. The minimum Gasteiger partial charge on any atom is -0.394 e. The molecular weight excluding hydrogens is 957 g/mol. The van der Waals surface area contributed by atoms with E-state index in [4.69, 9.17) is 23.7 Å². The molecule has 4 heterocycles. The molecule has 8 aliphatic rings. The summed E-state index contributed by atoms with van der Waals surface area (Å²) < 4.78 is 29.6. The largest absolute Gasteiger partial charge is 0.394 e. The third-order valence-electron chi connectivity index (χ3n) is 20.4. The van der Waals surface area contributed by atoms with Crippen LogP contribution in [0.25, 0.3) is 0 Å². The van der Waals surface area contributed by atoms with Crippen LogP contribution in [0.4, 0.5) is 0 Å². The van der Waals surface area contributed by atoms with Crippen molar-refractivity contribution in [1.82, 2.24) is 20.3 Å². The van der Waals surface area contributed by atoms with Crippen molar-refractivity contribution in [2.45, 2.75) is 217 Å². The van der Waals surface area contributed by atoms with Gasteiger partial charge in [0.2, 0.25) is 5.91 Å². The Morgan fingerprint density at radius 3 is 1.93 bits per heavy atom. The highest BCUT2D eigenvalue weighted by atomic mass is 16.7. The second-order valence-corrected chi connectivity index (χ2v) is 25.1. The Kier molecular flexibility index (Phi) is 15.1. The molecule has 0 spiro atoms. The maximum Gasteiger partial charge on any atom is 0.229 e. The van der Waals surface area contributed by atoms with Crippen molar-refractivity contribution in [3.8, 4) is 0 Å². The van der Waals surface area contributed by atoms with Gasteiger partial charge in [-0.2, -0.15) is 0 Å². The van der Waals surface area contributed by atoms with Crippen molar-refractivity contribution in [3.63, 3.8) is 0 Å². The predicted octanol–water partition coefficient (Wildman–Crippen LogP) is -1.35. The summed E-state index contributed by atoms with van der Waals surface area (Å²) in [5, 5.41) is 141. The molecule has 3 unspecified atom stereocenters. The number of nitrogens with one attached hydrogen (secondary N) is 1. The lowest BCUT2D eigenvalue weighted by Gasteiger charge is -2.71. The molecule has 5 aliphatic carbocycles. The quantitative estimate of drug-likeness (QED) is 0.114. The number of rotatable bonds is 11. The van der Waals surface area contributed by atoms with Crippen LogP contribution >= 0.6 is 0 Å². The Balaban J connectivity index is 0.871. The molecule has 3 aliphatic heterocycles. The van der Waals surface area contributed by atoms with E-state index in [0.29, 0.717) is 24.7 Å². The number of fused-ring (bicyclic) bond motifs is 7. The van der Waals surface area contributed by atoms with E-state index < -0.39 is 123 Å². The molecule has 414 valence electrons. The van der Waals surface area contributed by atoms with Gasteiger partial charge in [0.05, 0.1) is 50.2 Å². The van der Waals surface area contributed by atoms with Crippen molar-refractivity contribution in [2.24, 2.45) is 50.2 Å². The summed E-state index contributed by atoms with van der Waals surface area (Å²) in [6.07, 6.45) is -15.9. The SMILES string of the molecule is CC1(C)CC[C@@]2(C(=O)NCc3cn([C@H]4O[C@@H](CO)[C@H](O[C@@H]5O[C@@H](CO)[C@H](O[C@@H]6O[C@@H](CO)[C@H](O)[C@@H](O)[C@@H]6O)[C@@H](O)[C@@H]5O)[C@@H](O)[C@@H]4O)nn3)C(C1)C1=CCC3[C@@]4(C)CC[C@H](O)C(C)(C)C4CC[C@@]3(C)[C@]1(C)C[C@H]2O. The molecule has 73 heavy (non-hydrogen) atoms. The first-order chi connectivity index (χ1) is 34.2. The summed E-state index contributed by atoms with van der Waals surface area (Å²) in [6, 6.07) is 0. The van der Waals surface area contributed by atoms with Crippen LogP contribution in [0.5, 0.6) is 0 Å². The smallest absolute Gasteiger partial charge is 0.229 e. The van der Waals surface area contributed by atoms with E-state index in [-0.39, 0.29) is 57.2 Å². The number of carbonyl (C=O) groups is 1. The fraction of sp³-hybridized carbons (Fsp3) is 0.902. The zero-order valence-electron chi connectivity index (χ0n) is 43.1. The lowest BCUT2D eigenvalue weighted by Crippen LogP contribution is -2.68. The highest BCUT2D eigenvalue weighted by molar-refractivity contribution is 5.85. The van der Waals surface area contributed by atoms with Crippen LogP contribution in [0.3, 0.4) is 0 Å². The monoisotopic (exact) mass is 1040 g/mol. The number of allylic oxidation sites excluding steroid dienone is 2. The molecule has 22 nitrogen and oxygen atoms in total. The number of carbonyl (C=O) groups excluding carboxylic acids is 1. The van der Waals surface area contributed by atoms with Crippen molar-refractivity contribution in [2.75, 3.05) is 19.8 Å². The van der Waals surface area contributed by atoms with Gasteiger partial charge in [-0.25, -0.2) is 4.68 Å². The summed E-state index contributed by atoms with van der Waals surface area (Å²) in [4.78, 5) is 14.9. The molecule has 7 fully saturated rings. The number of amides is 1. The van der Waals surface area contributed by atoms with Crippen LogP contribution in [-0.4, -0.2) is 200 Å². The highest BCUT2D eigenvalue weighted by Crippen LogP contribution is 2.75. The molecule has 4 saturated carbocycles. The van der Waals surface area contributed by atoms with Crippen LogP contribution in [0, 0.1) is 50.2 Å². The molecule has 9 rings (SSSR count). The molecule has 3 saturated heterocycles. The number of ether oxygens (including phenoxy) is 5. The molecule has 1 aromatic rings. The molecular formula is C51H82N4O18. The zero-order valence-corrected chi connectivity index (χ0v) is 43.1. The third kappa shape index (κ3) is 8.78. The van der Waals surface area contributed by atoms with E-state index >= 15 is 0 Å². The Morgan fingerprint density at radius 2 is 1.29 bits per heavy atom. The number of aliphatic hydroxyl groups is 12. The first kappa shape index (κ1) is 55.4. The fourth-order valence-electron chi connectivity index (χ4n) is 15.9. The first-order valence-corrected chi connectivity index (χ1v) is 26.4. The Labute approximate surface area is 425 Å². The number of nitrogens with zero attached hydrogens (tertiary/aromatic N) is 3. The number of aliphatic hydroxyl groups excluding tert-OH is 12. The normalized spacial score (nSPS) is 50.4. The van der Waals surface area contributed by atoms with Gasteiger partial charge in [-0.3, -0.25) is 4.79 Å². The van der Waals surface area contributed by atoms with Gasteiger partial charge in [-0.05, 0) is 103 Å². The van der Waals surface area contributed by atoms with E-state index in [1.807, 2.05) is 0 Å². The molecule has 0 radical (unpaired) electrons.